The van der Waals surface area contributed by atoms with E-state index in [1.54, 1.807) is 0 Å². The van der Waals surface area contributed by atoms with E-state index >= 15 is 0 Å². The molecule has 0 saturated carbocycles. The van der Waals surface area contributed by atoms with Gasteiger partial charge < -0.3 is 4.52 Å². The summed E-state index contributed by atoms with van der Waals surface area (Å²) in [6.45, 7) is 2.01. The number of hydrogen-bond donors (Lipinski definition) is 0. The third-order valence-electron chi connectivity index (χ3n) is 2.89. The van der Waals surface area contributed by atoms with Crippen molar-refractivity contribution >= 4 is 12.7 Å². The molecule has 0 aliphatic heterocycles. The highest BCUT2D eigenvalue weighted by molar-refractivity contribution is 7.67. The number of benzene rings is 2. The molecule has 0 amide bonds. The SMILES string of the molecule is Cc1ccc(OP(=O)(CN(C)C)c2ccccc2)cc1. The van der Waals surface area contributed by atoms with E-state index < -0.39 is 7.37 Å². The van der Waals surface area contributed by atoms with Gasteiger partial charge in [-0.3, -0.25) is 9.46 Å². The molecule has 2 aromatic carbocycles. The second-order valence-electron chi connectivity index (χ2n) is 5.13. The normalized spacial score (nSPS) is 14.0. The first-order chi connectivity index (χ1) is 9.49. The first-order valence-electron chi connectivity index (χ1n) is 6.55. The lowest BCUT2D eigenvalue weighted by Gasteiger charge is -2.23. The van der Waals surface area contributed by atoms with Crippen LogP contribution in [0.25, 0.3) is 0 Å². The van der Waals surface area contributed by atoms with E-state index in [9.17, 15) is 4.57 Å². The summed E-state index contributed by atoms with van der Waals surface area (Å²) in [4.78, 5) is 1.89. The van der Waals surface area contributed by atoms with Crippen molar-refractivity contribution in [3.63, 3.8) is 0 Å². The van der Waals surface area contributed by atoms with Crippen LogP contribution in [-0.4, -0.2) is 25.3 Å². The average molecular weight is 289 g/mol. The molecule has 0 aliphatic rings. The van der Waals surface area contributed by atoms with Crippen LogP contribution in [0, 0.1) is 6.92 Å². The van der Waals surface area contributed by atoms with Crippen LogP contribution >= 0.6 is 7.37 Å². The van der Waals surface area contributed by atoms with E-state index in [1.165, 1.54) is 0 Å². The number of hydrogen-bond acceptors (Lipinski definition) is 3. The fourth-order valence-corrected chi connectivity index (χ4v) is 4.12. The van der Waals surface area contributed by atoms with Crippen LogP contribution in [0.15, 0.2) is 54.6 Å². The van der Waals surface area contributed by atoms with Gasteiger partial charge in [-0.1, -0.05) is 35.9 Å². The first-order valence-corrected chi connectivity index (χ1v) is 8.36. The van der Waals surface area contributed by atoms with Crippen LogP contribution in [0.4, 0.5) is 0 Å². The molecule has 0 spiro atoms. The van der Waals surface area contributed by atoms with Crippen LogP contribution in [0.3, 0.4) is 0 Å². The van der Waals surface area contributed by atoms with Crippen molar-refractivity contribution in [3.05, 3.63) is 60.2 Å². The van der Waals surface area contributed by atoms with E-state index in [0.29, 0.717) is 12.0 Å². The molecule has 4 heteroatoms. The average Bonchev–Trinajstić information content (AvgIpc) is 2.42. The summed E-state index contributed by atoms with van der Waals surface area (Å²) < 4.78 is 19.1. The third kappa shape index (κ3) is 3.72. The maximum absolute atomic E-state index is 13.2. The van der Waals surface area contributed by atoms with Gasteiger partial charge in [-0.15, -0.1) is 0 Å². The van der Waals surface area contributed by atoms with E-state index in [2.05, 4.69) is 0 Å². The summed E-state index contributed by atoms with van der Waals surface area (Å²) in [5, 5.41) is 0.745. The minimum absolute atomic E-state index is 0.380. The van der Waals surface area contributed by atoms with Crippen molar-refractivity contribution in [2.75, 3.05) is 20.4 Å². The highest BCUT2D eigenvalue weighted by Gasteiger charge is 2.28. The summed E-state index contributed by atoms with van der Waals surface area (Å²) in [6.07, 6.45) is 0.380. The molecule has 0 N–H and O–H groups in total. The summed E-state index contributed by atoms with van der Waals surface area (Å²) in [5.41, 5.74) is 1.15. The molecule has 0 saturated heterocycles. The smallest absolute Gasteiger partial charge is 0.290 e. The Bertz CT molecular complexity index is 594. The number of nitrogens with zero attached hydrogens (tertiary/aromatic N) is 1. The lowest BCUT2D eigenvalue weighted by molar-refractivity contribution is 0.425. The lowest BCUT2D eigenvalue weighted by Crippen LogP contribution is -2.22. The minimum atomic E-state index is -2.94. The van der Waals surface area contributed by atoms with E-state index in [-0.39, 0.29) is 0 Å². The van der Waals surface area contributed by atoms with Crippen molar-refractivity contribution in [3.8, 4) is 5.75 Å². The van der Waals surface area contributed by atoms with Gasteiger partial charge in [0.15, 0.2) is 0 Å². The molecule has 0 heterocycles. The molecule has 1 atom stereocenters. The predicted octanol–water partition coefficient (Wildman–Crippen LogP) is 3.50. The maximum Gasteiger partial charge on any atom is 0.290 e. The Morgan fingerprint density at radius 3 is 2.15 bits per heavy atom. The molecule has 106 valence electrons. The molecule has 3 nitrogen and oxygen atoms in total. The van der Waals surface area contributed by atoms with E-state index in [0.717, 1.165) is 10.9 Å². The molecule has 2 rings (SSSR count). The summed E-state index contributed by atoms with van der Waals surface area (Å²) in [5.74, 6) is 0.643. The Hall–Kier alpha value is -1.57. The van der Waals surface area contributed by atoms with E-state index in [1.807, 2.05) is 80.5 Å². The number of aryl methyl sites for hydroxylation is 1. The number of rotatable bonds is 5. The molecular weight excluding hydrogens is 269 g/mol. The molecule has 0 fully saturated rings. The van der Waals surface area contributed by atoms with E-state index in [4.69, 9.17) is 4.52 Å². The second-order valence-corrected chi connectivity index (χ2v) is 7.46. The third-order valence-corrected chi connectivity index (χ3v) is 5.42. The van der Waals surface area contributed by atoms with Crippen molar-refractivity contribution in [2.24, 2.45) is 0 Å². The van der Waals surface area contributed by atoms with Crippen LogP contribution in [0.1, 0.15) is 5.56 Å². The van der Waals surface area contributed by atoms with Crippen LogP contribution in [-0.2, 0) is 4.57 Å². The van der Waals surface area contributed by atoms with Crippen molar-refractivity contribution < 1.29 is 9.09 Å². The zero-order chi connectivity index (χ0) is 14.6. The standard InChI is InChI=1S/C16H20NO2P/c1-14-9-11-15(12-10-14)19-20(18,13-17(2)3)16-7-5-4-6-8-16/h4-12H,13H2,1-3H3. The zero-order valence-electron chi connectivity index (χ0n) is 12.1. The Morgan fingerprint density at radius 1 is 1.00 bits per heavy atom. The Balaban J connectivity index is 2.33. The van der Waals surface area contributed by atoms with Crippen LogP contribution in [0.5, 0.6) is 5.75 Å². The van der Waals surface area contributed by atoms with Gasteiger partial charge >= 0.3 is 0 Å². The van der Waals surface area contributed by atoms with Gasteiger partial charge in [-0.25, -0.2) is 0 Å². The van der Waals surface area contributed by atoms with Gasteiger partial charge in [0.05, 0.1) is 6.29 Å². The minimum Gasteiger partial charge on any atom is -0.439 e. The van der Waals surface area contributed by atoms with Gasteiger partial charge in [0.25, 0.3) is 7.37 Å². The van der Waals surface area contributed by atoms with Crippen molar-refractivity contribution in [1.29, 1.82) is 0 Å². The fraction of sp³-hybridized carbons (Fsp3) is 0.250. The predicted molar refractivity (Wildman–Crippen MR) is 84.0 cm³/mol. The summed E-state index contributed by atoms with van der Waals surface area (Å²) in [6, 6.07) is 17.0. The molecular formula is C16H20NO2P. The fourth-order valence-electron chi connectivity index (χ4n) is 1.96. The topological polar surface area (TPSA) is 29.5 Å². The quantitative estimate of drug-likeness (QED) is 0.789. The largest absolute Gasteiger partial charge is 0.439 e. The van der Waals surface area contributed by atoms with Gasteiger partial charge in [0.2, 0.25) is 0 Å². The molecule has 20 heavy (non-hydrogen) atoms. The van der Waals surface area contributed by atoms with Crippen LogP contribution in [0.2, 0.25) is 0 Å². The molecule has 2 aromatic rings. The molecule has 0 aromatic heterocycles. The summed E-state index contributed by atoms with van der Waals surface area (Å²) >= 11 is 0. The highest BCUT2D eigenvalue weighted by atomic mass is 31.2. The molecule has 0 aliphatic carbocycles. The molecule has 0 bridgehead atoms. The Labute approximate surface area is 120 Å². The van der Waals surface area contributed by atoms with Gasteiger partial charge in [0.1, 0.15) is 5.75 Å². The summed E-state index contributed by atoms with van der Waals surface area (Å²) in [7, 11) is 0.855. The van der Waals surface area contributed by atoms with Gasteiger partial charge in [-0.05, 0) is 45.3 Å². The second kappa shape index (κ2) is 6.25. The van der Waals surface area contributed by atoms with Gasteiger partial charge in [0, 0.05) is 5.30 Å². The monoisotopic (exact) mass is 289 g/mol. The zero-order valence-corrected chi connectivity index (χ0v) is 13.0. The Kier molecular flexibility index (Phi) is 4.64. The molecule has 0 radical (unpaired) electrons. The lowest BCUT2D eigenvalue weighted by atomic mass is 10.2. The van der Waals surface area contributed by atoms with Crippen LogP contribution < -0.4 is 9.83 Å². The van der Waals surface area contributed by atoms with Gasteiger partial charge in [-0.2, -0.15) is 0 Å². The van der Waals surface area contributed by atoms with Crippen molar-refractivity contribution in [1.82, 2.24) is 4.90 Å². The Morgan fingerprint density at radius 2 is 1.60 bits per heavy atom. The molecule has 1 unspecified atom stereocenters. The van der Waals surface area contributed by atoms with Crippen molar-refractivity contribution in [2.45, 2.75) is 6.92 Å². The first kappa shape index (κ1) is 14.8. The highest BCUT2D eigenvalue weighted by Crippen LogP contribution is 2.46. The maximum atomic E-state index is 13.2.